The second-order valence-electron chi connectivity index (χ2n) is 3.20. The van der Waals surface area contributed by atoms with Crippen LogP contribution in [-0.4, -0.2) is 20.8 Å². The van der Waals surface area contributed by atoms with Gasteiger partial charge in [-0.1, -0.05) is 19.1 Å². The molecule has 0 bridgehead atoms. The summed E-state index contributed by atoms with van der Waals surface area (Å²) in [6, 6.07) is 5.42. The van der Waals surface area contributed by atoms with E-state index < -0.39 is 0 Å². The molecular weight excluding hydrogens is 192 g/mol. The van der Waals surface area contributed by atoms with E-state index in [4.69, 9.17) is 9.47 Å². The van der Waals surface area contributed by atoms with Crippen molar-refractivity contribution in [2.45, 2.75) is 13.3 Å². The van der Waals surface area contributed by atoms with Crippen molar-refractivity contribution in [2.75, 3.05) is 20.8 Å². The van der Waals surface area contributed by atoms with E-state index in [-0.39, 0.29) is 5.43 Å². The first-order valence-electron chi connectivity index (χ1n) is 4.96. The lowest BCUT2D eigenvalue weighted by Gasteiger charge is -1.92. The minimum Gasteiger partial charge on any atom is -0.496 e. The van der Waals surface area contributed by atoms with E-state index >= 15 is 0 Å². The van der Waals surface area contributed by atoms with Crippen molar-refractivity contribution in [3.63, 3.8) is 0 Å². The van der Waals surface area contributed by atoms with E-state index in [2.05, 4.69) is 6.92 Å². The Hall–Kier alpha value is -1.35. The molecule has 2 aromatic carbocycles. The molecule has 0 heterocycles. The average molecular weight is 208 g/mol. The number of fused-ring (bicyclic) bond motifs is 1. The molecule has 0 atom stereocenters. The molecule has 0 N–H and O–H groups in total. The Morgan fingerprint density at radius 2 is 2.00 bits per heavy atom. The highest BCUT2D eigenvalue weighted by Crippen LogP contribution is 2.25. The fourth-order valence-corrected chi connectivity index (χ4v) is 1.28. The molecule has 0 unspecified atom stereocenters. The van der Waals surface area contributed by atoms with Crippen LogP contribution in [0.15, 0.2) is 23.0 Å². The Kier molecular flexibility index (Phi) is 4.31. The standard InChI is InChI=1S/C8H6O2.C4H10O/c1-10-6-4-2-3-5-7(6)8(5)9;1-3-4-5-2/h2-4H,1H3;3-4H2,1-2H3. The van der Waals surface area contributed by atoms with Crippen molar-refractivity contribution >= 4 is 10.8 Å². The second kappa shape index (κ2) is 5.51. The van der Waals surface area contributed by atoms with Gasteiger partial charge in [-0.2, -0.15) is 0 Å². The second-order valence-corrected chi connectivity index (χ2v) is 3.20. The minimum atomic E-state index is 0.127. The van der Waals surface area contributed by atoms with Gasteiger partial charge in [0.25, 0.3) is 0 Å². The predicted molar refractivity (Wildman–Crippen MR) is 61.3 cm³/mol. The molecule has 82 valence electrons. The predicted octanol–water partition coefficient (Wildman–Crippen LogP) is 2.13. The molecule has 0 saturated carbocycles. The number of rotatable bonds is 3. The highest BCUT2D eigenvalue weighted by atomic mass is 16.5. The Morgan fingerprint density at radius 3 is 2.40 bits per heavy atom. The van der Waals surface area contributed by atoms with Crippen LogP contribution in [0, 0.1) is 0 Å². The van der Waals surface area contributed by atoms with Crippen LogP contribution in [0.3, 0.4) is 0 Å². The SMILES string of the molecule is CCCOC.COc1cccc2c(=O)c12. The van der Waals surface area contributed by atoms with Crippen molar-refractivity contribution in [1.29, 1.82) is 0 Å². The zero-order valence-corrected chi connectivity index (χ0v) is 9.37. The summed E-state index contributed by atoms with van der Waals surface area (Å²) in [5, 5.41) is 1.56. The van der Waals surface area contributed by atoms with Crippen LogP contribution in [0.1, 0.15) is 13.3 Å². The number of hydrogen-bond donors (Lipinski definition) is 0. The van der Waals surface area contributed by atoms with Crippen LogP contribution in [-0.2, 0) is 4.74 Å². The van der Waals surface area contributed by atoms with Crippen LogP contribution >= 0.6 is 0 Å². The van der Waals surface area contributed by atoms with Gasteiger partial charge in [0.1, 0.15) is 5.75 Å². The van der Waals surface area contributed by atoms with Crippen LogP contribution in [0.25, 0.3) is 10.8 Å². The molecule has 3 heteroatoms. The van der Waals surface area contributed by atoms with E-state index in [1.54, 1.807) is 26.4 Å². The average Bonchev–Trinajstić information content (AvgIpc) is 2.92. The monoisotopic (exact) mass is 208 g/mol. The lowest BCUT2D eigenvalue weighted by Crippen LogP contribution is -1.80. The molecule has 0 radical (unpaired) electrons. The number of hydrogen-bond acceptors (Lipinski definition) is 3. The zero-order chi connectivity index (χ0) is 11.3. The van der Waals surface area contributed by atoms with Gasteiger partial charge in [-0.25, -0.2) is 0 Å². The van der Waals surface area contributed by atoms with Gasteiger partial charge in [0, 0.05) is 19.1 Å². The van der Waals surface area contributed by atoms with Gasteiger partial charge >= 0.3 is 0 Å². The molecule has 0 aliphatic rings. The Bertz CT molecular complexity index is 422. The summed E-state index contributed by atoms with van der Waals surface area (Å²) < 4.78 is 9.64. The van der Waals surface area contributed by atoms with Gasteiger partial charge < -0.3 is 9.47 Å². The highest BCUT2D eigenvalue weighted by Gasteiger charge is 2.15. The first-order valence-corrected chi connectivity index (χ1v) is 4.96. The quantitative estimate of drug-likeness (QED) is 0.775. The van der Waals surface area contributed by atoms with Gasteiger partial charge in [-0.3, -0.25) is 4.79 Å². The molecule has 0 aromatic heterocycles. The van der Waals surface area contributed by atoms with Gasteiger partial charge in [0.2, 0.25) is 0 Å². The zero-order valence-electron chi connectivity index (χ0n) is 9.37. The third kappa shape index (κ3) is 2.80. The minimum absolute atomic E-state index is 0.127. The fourth-order valence-electron chi connectivity index (χ4n) is 1.28. The van der Waals surface area contributed by atoms with E-state index in [9.17, 15) is 4.79 Å². The van der Waals surface area contributed by atoms with E-state index in [0.29, 0.717) is 5.75 Å². The number of ether oxygens (including phenoxy) is 2. The first kappa shape index (κ1) is 11.7. The van der Waals surface area contributed by atoms with Gasteiger partial charge in [0.05, 0.1) is 12.5 Å². The van der Waals surface area contributed by atoms with Crippen LogP contribution in [0.5, 0.6) is 5.75 Å². The van der Waals surface area contributed by atoms with Crippen LogP contribution in [0.4, 0.5) is 0 Å². The van der Waals surface area contributed by atoms with Crippen molar-refractivity contribution in [1.82, 2.24) is 0 Å². The smallest absolute Gasteiger partial charge is 0.198 e. The van der Waals surface area contributed by atoms with Crippen molar-refractivity contribution in [3.8, 4) is 5.75 Å². The lowest BCUT2D eigenvalue weighted by atomic mass is 10.3. The van der Waals surface area contributed by atoms with E-state index in [1.165, 1.54) is 0 Å². The normalized spacial score (nSPS) is 10.1. The summed E-state index contributed by atoms with van der Waals surface area (Å²) in [5.41, 5.74) is 0.127. The maximum atomic E-state index is 10.8. The summed E-state index contributed by atoms with van der Waals surface area (Å²) in [5.74, 6) is 0.697. The fraction of sp³-hybridized carbons (Fsp3) is 0.417. The van der Waals surface area contributed by atoms with E-state index in [1.807, 2.05) is 6.07 Å². The van der Waals surface area contributed by atoms with Crippen molar-refractivity contribution in [3.05, 3.63) is 28.4 Å². The maximum Gasteiger partial charge on any atom is 0.198 e. The maximum absolute atomic E-state index is 10.8. The largest absolute Gasteiger partial charge is 0.496 e. The summed E-state index contributed by atoms with van der Waals surface area (Å²) in [6.07, 6.45) is 1.12. The number of benzene rings is 1. The Balaban J connectivity index is 0.000000195. The first-order chi connectivity index (χ1) is 7.26. The van der Waals surface area contributed by atoms with Crippen LogP contribution < -0.4 is 10.2 Å². The molecule has 0 amide bonds. The summed E-state index contributed by atoms with van der Waals surface area (Å²) in [6.45, 7) is 2.98. The van der Waals surface area contributed by atoms with Crippen molar-refractivity contribution < 1.29 is 9.47 Å². The molecule has 0 aliphatic heterocycles. The topological polar surface area (TPSA) is 35.5 Å². The molecule has 2 aromatic rings. The molecule has 2 rings (SSSR count). The molecule has 3 nitrogen and oxygen atoms in total. The van der Waals surface area contributed by atoms with Gasteiger partial charge in [-0.05, 0) is 12.5 Å². The van der Waals surface area contributed by atoms with Crippen molar-refractivity contribution in [2.24, 2.45) is 0 Å². The molecule has 0 aliphatic carbocycles. The molecule has 15 heavy (non-hydrogen) atoms. The summed E-state index contributed by atoms with van der Waals surface area (Å²) >= 11 is 0. The van der Waals surface area contributed by atoms with Gasteiger partial charge in [0.15, 0.2) is 5.43 Å². The summed E-state index contributed by atoms with van der Waals surface area (Å²) in [4.78, 5) is 10.8. The Labute approximate surface area is 89.3 Å². The summed E-state index contributed by atoms with van der Waals surface area (Å²) in [7, 11) is 3.28. The molecule has 0 saturated heterocycles. The molecular formula is C12H16O3. The third-order valence-electron chi connectivity index (χ3n) is 2.06. The van der Waals surface area contributed by atoms with E-state index in [0.717, 1.165) is 23.8 Å². The number of methoxy groups -OCH3 is 2. The lowest BCUT2D eigenvalue weighted by molar-refractivity contribution is 0.199. The van der Waals surface area contributed by atoms with Crippen LogP contribution in [0.2, 0.25) is 0 Å². The third-order valence-corrected chi connectivity index (χ3v) is 2.06. The molecule has 0 fully saturated rings. The van der Waals surface area contributed by atoms with Gasteiger partial charge in [-0.15, -0.1) is 0 Å². The molecule has 0 spiro atoms. The Morgan fingerprint density at radius 1 is 1.27 bits per heavy atom. The highest BCUT2D eigenvalue weighted by molar-refractivity contribution is 6.02.